The molecular weight excluding hydrogens is 350 g/mol. The Labute approximate surface area is 165 Å². The molecule has 4 rings (SSSR count). The van der Waals surface area contributed by atoms with Crippen LogP contribution in [0.3, 0.4) is 0 Å². The van der Waals surface area contributed by atoms with Crippen molar-refractivity contribution in [2.45, 2.75) is 20.4 Å². The first-order valence-corrected chi connectivity index (χ1v) is 9.82. The second-order valence-corrected chi connectivity index (χ2v) is 7.55. The standard InChI is InChI=1S/C22H27N5O/c1-17-6-5-7-20(18(17)2)24-22(28)16-26-12-10-25(11-13-26)14-19-15-27-9-4-3-8-21(27)23-19/h3-9,15H,10-14,16H2,1-2H3,(H,24,28). The lowest BCUT2D eigenvalue weighted by Crippen LogP contribution is -2.48. The Morgan fingerprint density at radius 2 is 1.82 bits per heavy atom. The molecule has 1 fully saturated rings. The van der Waals surface area contributed by atoms with Crippen LogP contribution in [0.2, 0.25) is 0 Å². The summed E-state index contributed by atoms with van der Waals surface area (Å²) in [6.45, 7) is 9.09. The molecule has 0 unspecified atom stereocenters. The first-order chi connectivity index (χ1) is 13.6. The van der Waals surface area contributed by atoms with Gasteiger partial charge in [0.15, 0.2) is 0 Å². The van der Waals surface area contributed by atoms with E-state index < -0.39 is 0 Å². The molecular formula is C22H27N5O. The Kier molecular flexibility index (Phi) is 5.41. The van der Waals surface area contributed by atoms with Crippen molar-refractivity contribution in [3.05, 3.63) is 65.6 Å². The van der Waals surface area contributed by atoms with Crippen molar-refractivity contribution < 1.29 is 4.79 Å². The van der Waals surface area contributed by atoms with Crippen molar-refractivity contribution in [1.29, 1.82) is 0 Å². The van der Waals surface area contributed by atoms with Gasteiger partial charge in [0.25, 0.3) is 0 Å². The number of fused-ring (bicyclic) bond motifs is 1. The predicted octanol–water partition coefficient (Wildman–Crippen LogP) is 2.71. The molecule has 1 N–H and O–H groups in total. The van der Waals surface area contributed by atoms with Crippen molar-refractivity contribution in [3.63, 3.8) is 0 Å². The van der Waals surface area contributed by atoms with E-state index in [4.69, 9.17) is 0 Å². The molecule has 1 amide bonds. The highest BCUT2D eigenvalue weighted by molar-refractivity contribution is 5.93. The summed E-state index contributed by atoms with van der Waals surface area (Å²) < 4.78 is 2.06. The summed E-state index contributed by atoms with van der Waals surface area (Å²) in [5.74, 6) is 0.0579. The number of anilines is 1. The van der Waals surface area contributed by atoms with Crippen molar-refractivity contribution >= 4 is 17.2 Å². The van der Waals surface area contributed by atoms with Gasteiger partial charge >= 0.3 is 0 Å². The largest absolute Gasteiger partial charge is 0.325 e. The molecule has 146 valence electrons. The maximum atomic E-state index is 12.4. The number of pyridine rings is 1. The Morgan fingerprint density at radius 3 is 2.61 bits per heavy atom. The average Bonchev–Trinajstić information content (AvgIpc) is 3.09. The number of hydrogen-bond acceptors (Lipinski definition) is 4. The van der Waals surface area contributed by atoms with Crippen LogP contribution >= 0.6 is 0 Å². The Bertz CT molecular complexity index is 939. The molecule has 0 spiro atoms. The monoisotopic (exact) mass is 377 g/mol. The van der Waals surface area contributed by atoms with E-state index in [9.17, 15) is 4.79 Å². The second-order valence-electron chi connectivity index (χ2n) is 7.55. The molecule has 1 aromatic carbocycles. The zero-order valence-corrected chi connectivity index (χ0v) is 16.6. The number of aromatic nitrogens is 2. The summed E-state index contributed by atoms with van der Waals surface area (Å²) >= 11 is 0. The number of piperazine rings is 1. The number of nitrogens with zero attached hydrogens (tertiary/aromatic N) is 4. The second kappa shape index (κ2) is 8.12. The maximum absolute atomic E-state index is 12.4. The van der Waals surface area contributed by atoms with Gasteiger partial charge in [0.2, 0.25) is 5.91 Å². The van der Waals surface area contributed by atoms with Crippen molar-refractivity contribution in [1.82, 2.24) is 19.2 Å². The van der Waals surface area contributed by atoms with Gasteiger partial charge < -0.3 is 9.72 Å². The molecule has 1 saturated heterocycles. The summed E-state index contributed by atoms with van der Waals surface area (Å²) in [5, 5.41) is 3.06. The third kappa shape index (κ3) is 4.24. The van der Waals surface area contributed by atoms with Gasteiger partial charge in [-0.25, -0.2) is 4.98 Å². The lowest BCUT2D eigenvalue weighted by molar-refractivity contribution is -0.117. The SMILES string of the molecule is Cc1cccc(NC(=O)CN2CCN(Cc3cn4ccccc4n3)CC2)c1C. The quantitative estimate of drug-likeness (QED) is 0.743. The number of imidazole rings is 1. The fourth-order valence-corrected chi connectivity index (χ4v) is 3.68. The predicted molar refractivity (Wildman–Crippen MR) is 111 cm³/mol. The van der Waals surface area contributed by atoms with Gasteiger partial charge in [-0.1, -0.05) is 18.2 Å². The van der Waals surface area contributed by atoms with E-state index in [0.717, 1.165) is 55.3 Å². The van der Waals surface area contributed by atoms with Crippen molar-refractivity contribution in [2.24, 2.45) is 0 Å². The molecule has 0 atom stereocenters. The number of nitrogens with one attached hydrogen (secondary N) is 1. The van der Waals surface area contributed by atoms with E-state index in [2.05, 4.69) is 43.7 Å². The normalized spacial score (nSPS) is 15.8. The molecule has 0 saturated carbocycles. The molecule has 6 nitrogen and oxygen atoms in total. The molecule has 0 aliphatic carbocycles. The van der Waals surface area contributed by atoms with Gasteiger partial charge in [-0.05, 0) is 43.2 Å². The molecule has 28 heavy (non-hydrogen) atoms. The van der Waals surface area contributed by atoms with E-state index in [0.29, 0.717) is 6.54 Å². The molecule has 3 aromatic rings. The van der Waals surface area contributed by atoms with E-state index in [1.54, 1.807) is 0 Å². The van der Waals surface area contributed by atoms with Crippen molar-refractivity contribution in [2.75, 3.05) is 38.0 Å². The molecule has 1 aliphatic heterocycles. The van der Waals surface area contributed by atoms with Crippen LogP contribution in [0.5, 0.6) is 0 Å². The average molecular weight is 377 g/mol. The van der Waals surface area contributed by atoms with Crippen LogP contribution in [0.4, 0.5) is 5.69 Å². The van der Waals surface area contributed by atoms with E-state index in [1.165, 1.54) is 5.56 Å². The summed E-state index contributed by atoms with van der Waals surface area (Å²) in [5.41, 5.74) is 5.31. The van der Waals surface area contributed by atoms with Crippen molar-refractivity contribution in [3.8, 4) is 0 Å². The number of aryl methyl sites for hydroxylation is 1. The third-order valence-corrected chi connectivity index (χ3v) is 5.51. The number of carbonyl (C=O) groups excluding carboxylic acids is 1. The molecule has 6 heteroatoms. The number of amides is 1. The topological polar surface area (TPSA) is 52.9 Å². The molecule has 1 aliphatic rings. The summed E-state index contributed by atoms with van der Waals surface area (Å²) in [6.07, 6.45) is 4.12. The lowest BCUT2D eigenvalue weighted by atomic mass is 10.1. The Balaban J connectivity index is 1.27. The zero-order chi connectivity index (χ0) is 19.5. The number of rotatable bonds is 5. The van der Waals surface area contributed by atoms with E-state index in [1.807, 2.05) is 43.5 Å². The smallest absolute Gasteiger partial charge is 0.238 e. The maximum Gasteiger partial charge on any atom is 0.238 e. The van der Waals surface area contributed by atoms with Crippen LogP contribution in [-0.2, 0) is 11.3 Å². The first kappa shape index (κ1) is 18.7. The van der Waals surface area contributed by atoms with Gasteiger partial charge in [-0.15, -0.1) is 0 Å². The first-order valence-electron chi connectivity index (χ1n) is 9.82. The van der Waals surface area contributed by atoms with E-state index in [-0.39, 0.29) is 5.91 Å². The van der Waals surface area contributed by atoms with Gasteiger partial charge in [0.05, 0.1) is 12.2 Å². The van der Waals surface area contributed by atoms with Crippen LogP contribution in [0.25, 0.3) is 5.65 Å². The highest BCUT2D eigenvalue weighted by atomic mass is 16.2. The molecule has 0 bridgehead atoms. The van der Waals surface area contributed by atoms with Crippen LogP contribution in [0, 0.1) is 13.8 Å². The van der Waals surface area contributed by atoms with Gasteiger partial charge in [0, 0.05) is 50.8 Å². The van der Waals surface area contributed by atoms with Gasteiger partial charge in [-0.2, -0.15) is 0 Å². The molecule has 0 radical (unpaired) electrons. The third-order valence-electron chi connectivity index (χ3n) is 5.51. The number of hydrogen-bond donors (Lipinski definition) is 1. The number of carbonyl (C=O) groups is 1. The van der Waals surface area contributed by atoms with Gasteiger partial charge in [-0.3, -0.25) is 14.6 Å². The van der Waals surface area contributed by atoms with Crippen LogP contribution in [0.15, 0.2) is 48.8 Å². The molecule has 3 heterocycles. The Morgan fingerprint density at radius 1 is 1.04 bits per heavy atom. The molecule has 2 aromatic heterocycles. The minimum Gasteiger partial charge on any atom is -0.325 e. The lowest BCUT2D eigenvalue weighted by Gasteiger charge is -2.33. The summed E-state index contributed by atoms with van der Waals surface area (Å²) in [4.78, 5) is 21.7. The fraction of sp³-hybridized carbons (Fsp3) is 0.364. The van der Waals surface area contributed by atoms with Crippen LogP contribution in [-0.4, -0.2) is 57.8 Å². The highest BCUT2D eigenvalue weighted by Crippen LogP contribution is 2.18. The van der Waals surface area contributed by atoms with Gasteiger partial charge in [0.1, 0.15) is 5.65 Å². The van der Waals surface area contributed by atoms with E-state index >= 15 is 0 Å². The highest BCUT2D eigenvalue weighted by Gasteiger charge is 2.20. The summed E-state index contributed by atoms with van der Waals surface area (Å²) in [7, 11) is 0. The Hall–Kier alpha value is -2.70. The fourth-order valence-electron chi connectivity index (χ4n) is 3.68. The zero-order valence-electron chi connectivity index (χ0n) is 16.6. The van der Waals surface area contributed by atoms with Crippen LogP contribution in [0.1, 0.15) is 16.8 Å². The minimum atomic E-state index is 0.0579. The minimum absolute atomic E-state index is 0.0579. The van der Waals surface area contributed by atoms with Crippen LogP contribution < -0.4 is 5.32 Å². The number of benzene rings is 1. The summed E-state index contributed by atoms with van der Waals surface area (Å²) in [6, 6.07) is 12.1.